The van der Waals surface area contributed by atoms with Crippen molar-refractivity contribution in [3.05, 3.63) is 23.8 Å². The zero-order valence-electron chi connectivity index (χ0n) is 16.9. The van der Waals surface area contributed by atoms with Gasteiger partial charge in [-0.15, -0.1) is 6.42 Å². The normalized spacial score (nSPS) is 17.4. The SMILES string of the molecule is C#CCNC(=O)COC(=O)c1cc(S(=O)(=O)N2CCCCC2)ccc1N1CCCC1. The Balaban J connectivity index is 1.86. The molecule has 2 aliphatic rings. The molecule has 9 heteroatoms. The Bertz CT molecular complexity index is 926. The van der Waals surface area contributed by atoms with Crippen LogP contribution in [0.1, 0.15) is 42.5 Å². The Morgan fingerprint density at radius 2 is 1.73 bits per heavy atom. The predicted molar refractivity (Wildman–Crippen MR) is 113 cm³/mol. The number of benzene rings is 1. The second-order valence-corrected chi connectivity index (χ2v) is 9.33. The number of nitrogens with one attached hydrogen (secondary N) is 1. The van der Waals surface area contributed by atoms with Crippen LogP contribution in [-0.4, -0.2) is 63.9 Å². The molecule has 0 unspecified atom stereocenters. The number of nitrogens with zero attached hydrogens (tertiary/aromatic N) is 2. The van der Waals surface area contributed by atoms with Gasteiger partial charge in [0.2, 0.25) is 10.0 Å². The summed E-state index contributed by atoms with van der Waals surface area (Å²) in [6.07, 6.45) is 9.75. The summed E-state index contributed by atoms with van der Waals surface area (Å²) in [5.74, 6) is 1.02. The first kappa shape index (κ1) is 22.1. The van der Waals surface area contributed by atoms with Crippen molar-refractivity contribution in [3.63, 3.8) is 0 Å². The van der Waals surface area contributed by atoms with E-state index in [0.717, 1.165) is 45.2 Å². The number of esters is 1. The third kappa shape index (κ3) is 5.12. The summed E-state index contributed by atoms with van der Waals surface area (Å²) in [7, 11) is -3.70. The number of anilines is 1. The highest BCUT2D eigenvalue weighted by molar-refractivity contribution is 7.89. The number of piperidine rings is 1. The lowest BCUT2D eigenvalue weighted by molar-refractivity contribution is -0.123. The lowest BCUT2D eigenvalue weighted by Crippen LogP contribution is -2.35. The molecule has 1 amide bonds. The molecule has 0 saturated carbocycles. The number of hydrogen-bond acceptors (Lipinski definition) is 6. The number of ether oxygens (including phenoxy) is 1. The highest BCUT2D eigenvalue weighted by Crippen LogP contribution is 2.30. The summed E-state index contributed by atoms with van der Waals surface area (Å²) in [6, 6.07) is 4.59. The molecule has 0 spiro atoms. The van der Waals surface area contributed by atoms with E-state index in [4.69, 9.17) is 11.2 Å². The van der Waals surface area contributed by atoms with Crippen molar-refractivity contribution in [1.82, 2.24) is 9.62 Å². The first-order valence-electron chi connectivity index (χ1n) is 10.2. The van der Waals surface area contributed by atoms with Crippen molar-refractivity contribution >= 4 is 27.6 Å². The van der Waals surface area contributed by atoms with Crippen LogP contribution in [0.25, 0.3) is 0 Å². The number of hydrogen-bond donors (Lipinski definition) is 1. The van der Waals surface area contributed by atoms with Crippen molar-refractivity contribution in [2.24, 2.45) is 0 Å². The Kier molecular flexibility index (Phi) is 7.34. The summed E-state index contributed by atoms with van der Waals surface area (Å²) in [5.41, 5.74) is 0.777. The first-order chi connectivity index (χ1) is 14.4. The van der Waals surface area contributed by atoms with Crippen molar-refractivity contribution in [2.45, 2.75) is 37.0 Å². The van der Waals surface area contributed by atoms with Gasteiger partial charge in [0.1, 0.15) is 0 Å². The third-order valence-electron chi connectivity index (χ3n) is 5.31. The largest absolute Gasteiger partial charge is 0.452 e. The summed E-state index contributed by atoms with van der Waals surface area (Å²) in [4.78, 5) is 26.6. The molecule has 2 fully saturated rings. The number of carbonyl (C=O) groups excluding carboxylic acids is 2. The summed E-state index contributed by atoms with van der Waals surface area (Å²) >= 11 is 0. The highest BCUT2D eigenvalue weighted by Gasteiger charge is 2.29. The Morgan fingerprint density at radius 3 is 2.40 bits per heavy atom. The van der Waals surface area contributed by atoms with Gasteiger partial charge in [-0.25, -0.2) is 13.2 Å². The molecule has 1 aromatic carbocycles. The Labute approximate surface area is 177 Å². The molecule has 0 atom stereocenters. The molecule has 2 saturated heterocycles. The molecular formula is C21H27N3O5S. The summed E-state index contributed by atoms with van der Waals surface area (Å²) in [5, 5.41) is 2.42. The minimum atomic E-state index is -3.70. The van der Waals surface area contributed by atoms with E-state index in [1.807, 2.05) is 4.90 Å². The molecule has 2 heterocycles. The summed E-state index contributed by atoms with van der Waals surface area (Å²) in [6.45, 7) is 2.07. The van der Waals surface area contributed by atoms with E-state index in [1.54, 1.807) is 12.1 Å². The zero-order valence-corrected chi connectivity index (χ0v) is 17.7. The fourth-order valence-electron chi connectivity index (χ4n) is 3.74. The van der Waals surface area contributed by atoms with E-state index in [9.17, 15) is 18.0 Å². The Morgan fingerprint density at radius 1 is 1.07 bits per heavy atom. The quantitative estimate of drug-likeness (QED) is 0.515. The van der Waals surface area contributed by atoms with Gasteiger partial charge in [0.25, 0.3) is 5.91 Å². The standard InChI is InChI=1S/C21H27N3O5S/c1-2-10-22-20(25)16-29-21(26)18-15-17(8-9-19(18)23-11-6-7-12-23)30(27,28)24-13-4-3-5-14-24/h1,8-9,15H,3-7,10-14,16H2,(H,22,25). The predicted octanol–water partition coefficient (Wildman–Crippen LogP) is 1.37. The molecule has 30 heavy (non-hydrogen) atoms. The van der Waals surface area contributed by atoms with Gasteiger partial charge in [-0.2, -0.15) is 4.31 Å². The van der Waals surface area contributed by atoms with Gasteiger partial charge in [0.15, 0.2) is 6.61 Å². The molecule has 0 radical (unpaired) electrons. The maximum Gasteiger partial charge on any atom is 0.340 e. The molecular weight excluding hydrogens is 406 g/mol. The third-order valence-corrected chi connectivity index (χ3v) is 7.20. The maximum atomic E-state index is 13.1. The van der Waals surface area contributed by atoms with Crippen LogP contribution in [0.2, 0.25) is 0 Å². The van der Waals surface area contributed by atoms with Crippen LogP contribution in [0.15, 0.2) is 23.1 Å². The van der Waals surface area contributed by atoms with Gasteiger partial charge in [0.05, 0.1) is 22.7 Å². The van der Waals surface area contributed by atoms with Gasteiger partial charge in [0, 0.05) is 26.2 Å². The van der Waals surface area contributed by atoms with Gasteiger partial charge in [-0.3, -0.25) is 4.79 Å². The zero-order chi connectivity index (χ0) is 21.6. The van der Waals surface area contributed by atoms with E-state index >= 15 is 0 Å². The van der Waals surface area contributed by atoms with Gasteiger partial charge >= 0.3 is 5.97 Å². The van der Waals surface area contributed by atoms with Crippen LogP contribution in [0.4, 0.5) is 5.69 Å². The fourth-order valence-corrected chi connectivity index (χ4v) is 5.28. The lowest BCUT2D eigenvalue weighted by atomic mass is 10.1. The number of sulfonamides is 1. The molecule has 0 aliphatic carbocycles. The lowest BCUT2D eigenvalue weighted by Gasteiger charge is -2.27. The number of amides is 1. The number of carbonyl (C=O) groups is 2. The average Bonchev–Trinajstić information content (AvgIpc) is 3.31. The molecule has 162 valence electrons. The van der Waals surface area contributed by atoms with Crippen LogP contribution in [-0.2, 0) is 19.6 Å². The molecule has 1 N–H and O–H groups in total. The average molecular weight is 434 g/mol. The van der Waals surface area contributed by atoms with Crippen LogP contribution in [0.5, 0.6) is 0 Å². The van der Waals surface area contributed by atoms with Crippen LogP contribution in [0.3, 0.4) is 0 Å². The summed E-state index contributed by atoms with van der Waals surface area (Å²) < 4.78 is 32.7. The second-order valence-electron chi connectivity index (χ2n) is 7.39. The first-order valence-corrected chi connectivity index (χ1v) is 11.6. The number of terminal acetylenes is 1. The molecule has 3 rings (SSSR count). The van der Waals surface area contributed by atoms with Crippen molar-refractivity contribution in [2.75, 3.05) is 44.2 Å². The van der Waals surface area contributed by atoms with Crippen molar-refractivity contribution < 1.29 is 22.7 Å². The van der Waals surface area contributed by atoms with E-state index in [-0.39, 0.29) is 17.0 Å². The topological polar surface area (TPSA) is 96.0 Å². The Hall–Kier alpha value is -2.57. The van der Waals surface area contributed by atoms with Crippen molar-refractivity contribution in [3.8, 4) is 12.3 Å². The molecule has 2 aliphatic heterocycles. The van der Waals surface area contributed by atoms with E-state index < -0.39 is 28.5 Å². The van der Waals surface area contributed by atoms with E-state index in [1.165, 1.54) is 10.4 Å². The van der Waals surface area contributed by atoms with Crippen LogP contribution < -0.4 is 10.2 Å². The second kappa shape index (κ2) is 9.96. The minimum absolute atomic E-state index is 0.0406. The van der Waals surface area contributed by atoms with E-state index in [0.29, 0.717) is 18.8 Å². The highest BCUT2D eigenvalue weighted by atomic mass is 32.2. The van der Waals surface area contributed by atoms with Gasteiger partial charge in [-0.05, 0) is 43.9 Å². The van der Waals surface area contributed by atoms with Crippen molar-refractivity contribution in [1.29, 1.82) is 0 Å². The molecule has 8 nitrogen and oxygen atoms in total. The monoisotopic (exact) mass is 433 g/mol. The maximum absolute atomic E-state index is 13.1. The molecule has 0 aromatic heterocycles. The smallest absolute Gasteiger partial charge is 0.340 e. The molecule has 0 bridgehead atoms. The molecule has 1 aromatic rings. The van der Waals surface area contributed by atoms with Gasteiger partial charge < -0.3 is 15.0 Å². The van der Waals surface area contributed by atoms with Crippen LogP contribution in [0, 0.1) is 12.3 Å². The van der Waals surface area contributed by atoms with E-state index in [2.05, 4.69) is 11.2 Å². The van der Waals surface area contributed by atoms with Crippen LogP contribution >= 0.6 is 0 Å². The number of rotatable bonds is 7. The van der Waals surface area contributed by atoms with Gasteiger partial charge in [-0.1, -0.05) is 12.3 Å². The fraction of sp³-hybridized carbons (Fsp3) is 0.524. The minimum Gasteiger partial charge on any atom is -0.452 e.